The molecule has 0 unspecified atom stereocenters. The lowest BCUT2D eigenvalue weighted by Crippen LogP contribution is -2.40. The van der Waals surface area contributed by atoms with Crippen molar-refractivity contribution in [3.05, 3.63) is 46.8 Å². The van der Waals surface area contributed by atoms with Crippen LogP contribution in [0.5, 0.6) is 5.75 Å². The van der Waals surface area contributed by atoms with E-state index < -0.39 is 16.0 Å². The highest BCUT2D eigenvalue weighted by atomic mass is 32.2. The van der Waals surface area contributed by atoms with E-state index in [1.54, 1.807) is 30.3 Å². The van der Waals surface area contributed by atoms with Gasteiger partial charge in [0, 0.05) is 23.5 Å². The summed E-state index contributed by atoms with van der Waals surface area (Å²) in [7, 11) is -2.06. The van der Waals surface area contributed by atoms with Gasteiger partial charge in [0.25, 0.3) is 10.0 Å². The molecule has 0 N–H and O–H groups in total. The minimum absolute atomic E-state index is 0.0980. The van der Waals surface area contributed by atoms with Crippen molar-refractivity contribution in [2.75, 3.05) is 40.0 Å². The Bertz CT molecular complexity index is 961. The molecule has 2 heterocycles. The first-order valence-electron chi connectivity index (χ1n) is 8.89. The first-order valence-corrected chi connectivity index (χ1v) is 11.2. The van der Waals surface area contributed by atoms with E-state index in [0.717, 1.165) is 11.3 Å². The van der Waals surface area contributed by atoms with E-state index >= 15 is 0 Å². The first kappa shape index (κ1) is 21.4. The minimum Gasteiger partial charge on any atom is -0.497 e. The third-order valence-electron chi connectivity index (χ3n) is 4.30. The fourth-order valence-electron chi connectivity index (χ4n) is 2.71. The van der Waals surface area contributed by atoms with Crippen LogP contribution >= 0.6 is 11.3 Å². The van der Waals surface area contributed by atoms with Gasteiger partial charge < -0.3 is 14.2 Å². The van der Waals surface area contributed by atoms with Gasteiger partial charge in [0.1, 0.15) is 9.96 Å². The number of hydrogen-bond acceptors (Lipinski definition) is 8. The van der Waals surface area contributed by atoms with Gasteiger partial charge in [-0.25, -0.2) is 8.42 Å². The summed E-state index contributed by atoms with van der Waals surface area (Å²) in [5, 5.41) is 0. The maximum absolute atomic E-state index is 12.6. The zero-order valence-corrected chi connectivity index (χ0v) is 17.5. The number of morpholine rings is 1. The number of sulfonamides is 1. The van der Waals surface area contributed by atoms with Gasteiger partial charge in [0.2, 0.25) is 0 Å². The van der Waals surface area contributed by atoms with Crippen molar-refractivity contribution in [3.8, 4) is 5.75 Å². The molecule has 3 rings (SSSR count). The van der Waals surface area contributed by atoms with Crippen LogP contribution in [-0.2, 0) is 30.7 Å². The standard InChI is InChI=1S/C19H21NO7S2/c1-25-15-4-2-14(3-5-15)17(21)13-27-18(22)12-16-6-7-19(28-16)29(23,24)20-8-10-26-11-9-20/h2-7H,8-13H2,1H3. The topological polar surface area (TPSA) is 99.2 Å². The van der Waals surface area contributed by atoms with Crippen molar-refractivity contribution in [2.24, 2.45) is 0 Å². The minimum atomic E-state index is -3.59. The zero-order valence-electron chi connectivity index (χ0n) is 15.8. The van der Waals surface area contributed by atoms with Crippen LogP contribution < -0.4 is 4.74 Å². The van der Waals surface area contributed by atoms with Gasteiger partial charge in [-0.3, -0.25) is 9.59 Å². The van der Waals surface area contributed by atoms with Crippen molar-refractivity contribution in [3.63, 3.8) is 0 Å². The quantitative estimate of drug-likeness (QED) is 0.456. The van der Waals surface area contributed by atoms with E-state index in [1.807, 2.05) is 0 Å². The second kappa shape index (κ2) is 9.49. The van der Waals surface area contributed by atoms with Crippen molar-refractivity contribution in [2.45, 2.75) is 10.6 Å². The first-order chi connectivity index (χ1) is 13.9. The zero-order chi connectivity index (χ0) is 20.9. The number of carbonyl (C=O) groups is 2. The van der Waals surface area contributed by atoms with E-state index in [4.69, 9.17) is 14.2 Å². The summed E-state index contributed by atoms with van der Waals surface area (Å²) in [6.45, 7) is 0.976. The Labute approximate surface area is 173 Å². The van der Waals surface area contributed by atoms with E-state index in [2.05, 4.69) is 0 Å². The summed E-state index contributed by atoms with van der Waals surface area (Å²) >= 11 is 1.03. The van der Waals surface area contributed by atoms with Crippen LogP contribution in [0.25, 0.3) is 0 Å². The number of rotatable bonds is 8. The molecule has 0 amide bonds. The largest absolute Gasteiger partial charge is 0.497 e. The Morgan fingerprint density at radius 1 is 1.10 bits per heavy atom. The number of Topliss-reactive ketones (excluding diaryl/α,β-unsaturated/α-hetero) is 1. The molecule has 0 aliphatic carbocycles. The highest BCUT2D eigenvalue weighted by molar-refractivity contribution is 7.91. The van der Waals surface area contributed by atoms with Gasteiger partial charge in [-0.2, -0.15) is 4.31 Å². The molecular formula is C19H21NO7S2. The third-order valence-corrected chi connectivity index (χ3v) is 7.75. The number of ether oxygens (including phenoxy) is 3. The van der Waals surface area contributed by atoms with Crippen LogP contribution in [-0.4, -0.2) is 64.5 Å². The molecule has 1 aliphatic rings. The van der Waals surface area contributed by atoms with Crippen molar-refractivity contribution in [1.29, 1.82) is 0 Å². The summed E-state index contributed by atoms with van der Waals surface area (Å²) < 4.78 is 42.0. The molecule has 0 radical (unpaired) electrons. The molecule has 2 aromatic rings. The Kier molecular flexibility index (Phi) is 7.01. The van der Waals surface area contributed by atoms with Crippen LogP contribution in [0.1, 0.15) is 15.2 Å². The fourth-order valence-corrected chi connectivity index (χ4v) is 5.61. The van der Waals surface area contributed by atoms with Crippen molar-refractivity contribution >= 4 is 33.1 Å². The van der Waals surface area contributed by atoms with Gasteiger partial charge in [0.15, 0.2) is 12.4 Å². The lowest BCUT2D eigenvalue weighted by Gasteiger charge is -2.25. The molecule has 156 valence electrons. The molecule has 1 aromatic heterocycles. The van der Waals surface area contributed by atoms with Gasteiger partial charge in [-0.1, -0.05) is 0 Å². The molecule has 0 spiro atoms. The molecule has 1 aromatic carbocycles. The Hall–Kier alpha value is -2.27. The van der Waals surface area contributed by atoms with Gasteiger partial charge in [-0.05, 0) is 36.4 Å². The second-order valence-corrected chi connectivity index (χ2v) is 9.56. The normalized spacial score (nSPS) is 15.1. The average Bonchev–Trinajstić information content (AvgIpc) is 3.22. The molecule has 0 bridgehead atoms. The predicted molar refractivity (Wildman–Crippen MR) is 106 cm³/mol. The third kappa shape index (κ3) is 5.41. The van der Waals surface area contributed by atoms with Gasteiger partial charge >= 0.3 is 5.97 Å². The van der Waals surface area contributed by atoms with Crippen LogP contribution in [0.3, 0.4) is 0 Å². The van der Waals surface area contributed by atoms with Gasteiger partial charge in [0.05, 0.1) is 26.7 Å². The second-order valence-electron chi connectivity index (χ2n) is 6.23. The Balaban J connectivity index is 1.53. The van der Waals surface area contributed by atoms with Gasteiger partial charge in [-0.15, -0.1) is 11.3 Å². The Morgan fingerprint density at radius 2 is 1.79 bits per heavy atom. The lowest BCUT2D eigenvalue weighted by atomic mass is 10.1. The smallest absolute Gasteiger partial charge is 0.311 e. The SMILES string of the molecule is COc1ccc(C(=O)COC(=O)Cc2ccc(S(=O)(=O)N3CCOCC3)s2)cc1. The highest BCUT2D eigenvalue weighted by Gasteiger charge is 2.28. The van der Waals surface area contributed by atoms with Crippen molar-refractivity contribution in [1.82, 2.24) is 4.31 Å². The number of nitrogens with zero attached hydrogens (tertiary/aromatic N) is 1. The van der Waals surface area contributed by atoms with E-state index in [1.165, 1.54) is 17.5 Å². The van der Waals surface area contributed by atoms with Crippen LogP contribution in [0.15, 0.2) is 40.6 Å². The summed E-state index contributed by atoms with van der Waals surface area (Å²) in [5.41, 5.74) is 0.411. The maximum Gasteiger partial charge on any atom is 0.311 e. The molecule has 1 saturated heterocycles. The number of ketones is 1. The molecule has 0 atom stereocenters. The summed E-state index contributed by atoms with van der Waals surface area (Å²) in [6, 6.07) is 9.56. The number of carbonyl (C=O) groups excluding carboxylic acids is 2. The monoisotopic (exact) mass is 439 g/mol. The summed E-state index contributed by atoms with van der Waals surface area (Å²) in [6.07, 6.45) is -0.0980. The van der Waals surface area contributed by atoms with E-state index in [-0.39, 0.29) is 23.0 Å². The number of esters is 1. The molecular weight excluding hydrogens is 418 g/mol. The summed E-state index contributed by atoms with van der Waals surface area (Å²) in [5.74, 6) is -0.300. The molecule has 0 saturated carbocycles. The number of benzene rings is 1. The number of hydrogen-bond donors (Lipinski definition) is 0. The molecule has 10 heteroatoms. The molecule has 1 aliphatic heterocycles. The van der Waals surface area contributed by atoms with Crippen LogP contribution in [0.4, 0.5) is 0 Å². The predicted octanol–water partition coefficient (Wildman–Crippen LogP) is 1.75. The van der Waals surface area contributed by atoms with E-state index in [9.17, 15) is 18.0 Å². The Morgan fingerprint density at radius 3 is 2.45 bits per heavy atom. The maximum atomic E-state index is 12.6. The lowest BCUT2D eigenvalue weighted by molar-refractivity contribution is -0.141. The summed E-state index contributed by atoms with van der Waals surface area (Å²) in [4.78, 5) is 24.7. The average molecular weight is 440 g/mol. The fraction of sp³-hybridized carbons (Fsp3) is 0.368. The molecule has 1 fully saturated rings. The highest BCUT2D eigenvalue weighted by Crippen LogP contribution is 2.26. The van der Waals surface area contributed by atoms with Crippen LogP contribution in [0, 0.1) is 0 Å². The van der Waals surface area contributed by atoms with E-state index in [0.29, 0.717) is 42.5 Å². The van der Waals surface area contributed by atoms with Crippen molar-refractivity contribution < 1.29 is 32.2 Å². The molecule has 29 heavy (non-hydrogen) atoms. The van der Waals surface area contributed by atoms with Crippen LogP contribution in [0.2, 0.25) is 0 Å². The number of thiophene rings is 1. The molecule has 8 nitrogen and oxygen atoms in total. The number of methoxy groups -OCH3 is 1.